The van der Waals surface area contributed by atoms with Crippen LogP contribution in [0.4, 0.5) is 5.82 Å². The Morgan fingerprint density at radius 1 is 1.33 bits per heavy atom. The van der Waals surface area contributed by atoms with Gasteiger partial charge in [0.15, 0.2) is 11.0 Å². The maximum Gasteiger partial charge on any atom is 0.245 e. The predicted octanol–water partition coefficient (Wildman–Crippen LogP) is 1.85. The number of hydrogen-bond acceptors (Lipinski definition) is 5. The van der Waals surface area contributed by atoms with Gasteiger partial charge in [-0.15, -0.1) is 10.2 Å². The lowest BCUT2D eigenvalue weighted by molar-refractivity contribution is -0.131. The summed E-state index contributed by atoms with van der Waals surface area (Å²) in [6, 6.07) is -0.463. The Bertz CT molecular complexity index is 425. The molecule has 18 heavy (non-hydrogen) atoms. The van der Waals surface area contributed by atoms with Gasteiger partial charge in [0.05, 0.1) is 0 Å². The van der Waals surface area contributed by atoms with Gasteiger partial charge < -0.3 is 10.2 Å². The highest BCUT2D eigenvalue weighted by molar-refractivity contribution is 6.32. The van der Waals surface area contributed by atoms with Crippen molar-refractivity contribution in [3.63, 3.8) is 0 Å². The van der Waals surface area contributed by atoms with Crippen molar-refractivity contribution >= 4 is 34.9 Å². The van der Waals surface area contributed by atoms with Gasteiger partial charge in [-0.05, 0) is 32.4 Å². The van der Waals surface area contributed by atoms with Crippen LogP contribution >= 0.6 is 23.2 Å². The average molecular weight is 292 g/mol. The molecular weight excluding hydrogens is 277 g/mol. The number of nitrogens with one attached hydrogen (secondary N) is 1. The number of nitrogens with zero attached hydrogens (tertiary/aromatic N) is 4. The van der Waals surface area contributed by atoms with Crippen LogP contribution in [0.2, 0.25) is 10.4 Å². The normalized spacial score (nSPS) is 12.1. The average Bonchev–Trinajstić information content (AvgIpc) is 2.35. The zero-order valence-electron chi connectivity index (χ0n) is 10.4. The Morgan fingerprint density at radius 2 is 1.94 bits per heavy atom. The third kappa shape index (κ3) is 3.68. The molecule has 0 bridgehead atoms. The Balaban J connectivity index is 2.77. The minimum absolute atomic E-state index is 0.0237. The smallest absolute Gasteiger partial charge is 0.245 e. The van der Waals surface area contributed by atoms with E-state index in [0.29, 0.717) is 13.1 Å². The molecule has 0 aliphatic heterocycles. The Morgan fingerprint density at radius 3 is 2.50 bits per heavy atom. The second-order valence-electron chi connectivity index (χ2n) is 3.60. The molecule has 0 aliphatic rings. The number of aromatic nitrogens is 3. The third-order valence-corrected chi connectivity index (χ3v) is 2.83. The molecule has 1 N–H and O–H groups in total. The Kier molecular flexibility index (Phi) is 5.55. The first-order chi connectivity index (χ1) is 8.49. The lowest BCUT2D eigenvalue weighted by Gasteiger charge is -2.23. The van der Waals surface area contributed by atoms with E-state index in [4.69, 9.17) is 23.2 Å². The maximum absolute atomic E-state index is 12.0. The summed E-state index contributed by atoms with van der Waals surface area (Å²) in [5.74, 6) is 0.218. The SMILES string of the molecule is CCN(CC)C(=O)C(C)Nc1nc(Cl)nnc1Cl. The van der Waals surface area contributed by atoms with Crippen LogP contribution in [-0.4, -0.2) is 45.1 Å². The van der Waals surface area contributed by atoms with E-state index in [9.17, 15) is 4.79 Å². The second kappa shape index (κ2) is 6.70. The van der Waals surface area contributed by atoms with E-state index in [1.54, 1.807) is 11.8 Å². The van der Waals surface area contributed by atoms with Crippen molar-refractivity contribution in [3.05, 3.63) is 10.4 Å². The van der Waals surface area contributed by atoms with E-state index in [0.717, 1.165) is 0 Å². The minimum atomic E-state index is -0.463. The van der Waals surface area contributed by atoms with E-state index in [-0.39, 0.29) is 22.2 Å². The predicted molar refractivity (Wildman–Crippen MR) is 70.9 cm³/mol. The first-order valence-corrected chi connectivity index (χ1v) is 6.36. The molecule has 1 heterocycles. The van der Waals surface area contributed by atoms with Crippen LogP contribution in [0.25, 0.3) is 0 Å². The van der Waals surface area contributed by atoms with Crippen molar-refractivity contribution in [2.45, 2.75) is 26.8 Å². The summed E-state index contributed by atoms with van der Waals surface area (Å²) >= 11 is 11.4. The number of likely N-dealkylation sites (N-methyl/N-ethyl adjacent to an activating group) is 1. The van der Waals surface area contributed by atoms with Crippen LogP contribution in [0, 0.1) is 0 Å². The molecule has 0 aliphatic carbocycles. The van der Waals surface area contributed by atoms with Crippen LogP contribution in [0.1, 0.15) is 20.8 Å². The van der Waals surface area contributed by atoms with E-state index < -0.39 is 6.04 Å². The van der Waals surface area contributed by atoms with Gasteiger partial charge in [-0.2, -0.15) is 4.98 Å². The quantitative estimate of drug-likeness (QED) is 0.896. The van der Waals surface area contributed by atoms with Crippen LogP contribution in [0.3, 0.4) is 0 Å². The van der Waals surface area contributed by atoms with Crippen molar-refractivity contribution in [3.8, 4) is 0 Å². The second-order valence-corrected chi connectivity index (χ2v) is 4.29. The van der Waals surface area contributed by atoms with Crippen LogP contribution in [-0.2, 0) is 4.79 Å². The van der Waals surface area contributed by atoms with Gasteiger partial charge in [-0.1, -0.05) is 11.6 Å². The number of halogens is 2. The highest BCUT2D eigenvalue weighted by Crippen LogP contribution is 2.17. The summed E-state index contributed by atoms with van der Waals surface area (Å²) in [5.41, 5.74) is 0. The van der Waals surface area contributed by atoms with E-state index in [1.807, 2.05) is 13.8 Å². The van der Waals surface area contributed by atoms with Gasteiger partial charge in [0.1, 0.15) is 6.04 Å². The number of anilines is 1. The molecule has 0 radical (unpaired) electrons. The summed E-state index contributed by atoms with van der Waals surface area (Å²) in [5, 5.41) is 10.0. The van der Waals surface area contributed by atoms with Crippen LogP contribution in [0.15, 0.2) is 0 Å². The lowest BCUT2D eigenvalue weighted by Crippen LogP contribution is -2.41. The summed E-state index contributed by atoms with van der Waals surface area (Å²) in [6.07, 6.45) is 0. The van der Waals surface area contributed by atoms with E-state index in [2.05, 4.69) is 20.5 Å². The summed E-state index contributed by atoms with van der Waals surface area (Å²) in [7, 11) is 0. The van der Waals surface area contributed by atoms with Crippen molar-refractivity contribution < 1.29 is 4.79 Å². The zero-order chi connectivity index (χ0) is 13.7. The molecule has 1 atom stereocenters. The highest BCUT2D eigenvalue weighted by Gasteiger charge is 2.19. The van der Waals surface area contributed by atoms with Crippen molar-refractivity contribution in [1.29, 1.82) is 0 Å². The molecule has 1 unspecified atom stereocenters. The summed E-state index contributed by atoms with van der Waals surface area (Å²) in [4.78, 5) is 17.6. The largest absolute Gasteiger partial charge is 0.356 e. The Labute approximate surface area is 116 Å². The molecule has 1 aromatic rings. The number of carbonyl (C=O) groups is 1. The van der Waals surface area contributed by atoms with E-state index in [1.165, 1.54) is 0 Å². The molecule has 100 valence electrons. The standard InChI is InChI=1S/C10H15Cl2N5O/c1-4-17(5-2)9(18)6(3)13-8-7(11)15-16-10(12)14-8/h6H,4-5H2,1-3H3,(H,13,14,16). The van der Waals surface area contributed by atoms with Crippen molar-refractivity contribution in [2.75, 3.05) is 18.4 Å². The van der Waals surface area contributed by atoms with Crippen LogP contribution < -0.4 is 5.32 Å². The van der Waals surface area contributed by atoms with Gasteiger partial charge in [0.2, 0.25) is 11.2 Å². The molecule has 0 aromatic carbocycles. The van der Waals surface area contributed by atoms with Crippen molar-refractivity contribution in [1.82, 2.24) is 20.1 Å². The molecule has 0 saturated heterocycles. The Hall–Kier alpha value is -1.14. The third-order valence-electron chi connectivity index (χ3n) is 2.42. The molecule has 0 fully saturated rings. The fourth-order valence-corrected chi connectivity index (χ4v) is 1.72. The number of rotatable bonds is 5. The first-order valence-electron chi connectivity index (χ1n) is 5.60. The van der Waals surface area contributed by atoms with Gasteiger partial charge in [0, 0.05) is 13.1 Å². The monoisotopic (exact) mass is 291 g/mol. The van der Waals surface area contributed by atoms with Crippen molar-refractivity contribution in [2.24, 2.45) is 0 Å². The molecule has 1 rings (SSSR count). The fraction of sp³-hybridized carbons (Fsp3) is 0.600. The minimum Gasteiger partial charge on any atom is -0.356 e. The van der Waals surface area contributed by atoms with Gasteiger partial charge >= 0.3 is 0 Å². The van der Waals surface area contributed by atoms with Gasteiger partial charge in [-0.25, -0.2) is 0 Å². The lowest BCUT2D eigenvalue weighted by atomic mass is 10.3. The highest BCUT2D eigenvalue weighted by atomic mass is 35.5. The number of carbonyl (C=O) groups excluding carboxylic acids is 1. The summed E-state index contributed by atoms with van der Waals surface area (Å²) in [6.45, 7) is 6.87. The van der Waals surface area contributed by atoms with E-state index >= 15 is 0 Å². The maximum atomic E-state index is 12.0. The number of hydrogen-bond donors (Lipinski definition) is 1. The molecular formula is C10H15Cl2N5O. The first kappa shape index (κ1) is 14.9. The van der Waals surface area contributed by atoms with Gasteiger partial charge in [0.25, 0.3) is 0 Å². The molecule has 6 nitrogen and oxygen atoms in total. The molecule has 1 amide bonds. The molecule has 0 spiro atoms. The van der Waals surface area contributed by atoms with Gasteiger partial charge in [-0.3, -0.25) is 4.79 Å². The zero-order valence-corrected chi connectivity index (χ0v) is 12.0. The number of amides is 1. The summed E-state index contributed by atoms with van der Waals surface area (Å²) < 4.78 is 0. The topological polar surface area (TPSA) is 71.0 Å². The fourth-order valence-electron chi connectivity index (χ4n) is 1.46. The van der Waals surface area contributed by atoms with Crippen LogP contribution in [0.5, 0.6) is 0 Å². The molecule has 0 saturated carbocycles. The molecule has 8 heteroatoms. The molecule has 1 aromatic heterocycles.